The van der Waals surface area contributed by atoms with Crippen LogP contribution in [0.15, 0.2) is 0 Å². The molecule has 0 unspecified atom stereocenters. The number of Topliss-reactive ketones (excluding diaryl/α,β-unsaturated/α-hetero) is 1. The molecule has 0 saturated carbocycles. The lowest BCUT2D eigenvalue weighted by molar-refractivity contribution is 0.0882. The molecule has 0 spiro atoms. The molecule has 1 rings (SSSR count). The van der Waals surface area contributed by atoms with Crippen molar-refractivity contribution < 1.29 is 4.79 Å². The molecular weight excluding hydrogens is 270 g/mol. The Balaban J connectivity index is 2.86. The highest BCUT2D eigenvalue weighted by molar-refractivity contribution is 7.13. The molecule has 0 fully saturated rings. The second kappa shape index (κ2) is 7.86. The van der Waals surface area contributed by atoms with Crippen molar-refractivity contribution in [2.45, 2.75) is 64.8 Å². The third kappa shape index (κ3) is 4.11. The smallest absolute Gasteiger partial charge is 0.194 e. The lowest BCUT2D eigenvalue weighted by Gasteiger charge is -2.24. The van der Waals surface area contributed by atoms with Gasteiger partial charge in [0.05, 0.1) is 21.1 Å². The second-order valence-electron chi connectivity index (χ2n) is 5.30. The van der Waals surface area contributed by atoms with Crippen LogP contribution in [0.3, 0.4) is 0 Å². The standard InChI is InChI=1S/C15H27N3OS/c1-4-15(17,5-2)14(19)13-12(18-11(3)20-13)9-7-6-8-10-16/h4-10,16-17H2,1-3H3. The monoisotopic (exact) mass is 297 g/mol. The number of carbonyl (C=O) groups is 1. The number of thiazole rings is 1. The van der Waals surface area contributed by atoms with E-state index in [0.717, 1.165) is 47.8 Å². The van der Waals surface area contributed by atoms with Crippen LogP contribution in [0.4, 0.5) is 0 Å². The van der Waals surface area contributed by atoms with Gasteiger partial charge in [-0.1, -0.05) is 20.3 Å². The summed E-state index contributed by atoms with van der Waals surface area (Å²) in [5.41, 5.74) is 11.9. The first-order valence-electron chi connectivity index (χ1n) is 7.48. The fraction of sp³-hybridized carbons (Fsp3) is 0.733. The fourth-order valence-electron chi connectivity index (χ4n) is 2.23. The van der Waals surface area contributed by atoms with E-state index in [2.05, 4.69) is 4.98 Å². The summed E-state index contributed by atoms with van der Waals surface area (Å²) in [5.74, 6) is 0.0573. The normalized spacial score (nSPS) is 11.8. The molecule has 0 atom stereocenters. The van der Waals surface area contributed by atoms with E-state index in [1.807, 2.05) is 20.8 Å². The predicted molar refractivity (Wildman–Crippen MR) is 85.3 cm³/mol. The Bertz CT molecular complexity index is 438. The zero-order valence-electron chi connectivity index (χ0n) is 12.9. The van der Waals surface area contributed by atoms with E-state index < -0.39 is 5.54 Å². The summed E-state index contributed by atoms with van der Waals surface area (Å²) in [4.78, 5) is 18.0. The van der Waals surface area contributed by atoms with E-state index >= 15 is 0 Å². The molecule has 0 aliphatic rings. The molecule has 1 aromatic rings. The maximum absolute atomic E-state index is 12.7. The highest BCUT2D eigenvalue weighted by atomic mass is 32.1. The number of ketones is 1. The summed E-state index contributed by atoms with van der Waals surface area (Å²) in [6.45, 7) is 6.60. The third-order valence-electron chi connectivity index (χ3n) is 3.84. The van der Waals surface area contributed by atoms with Crippen molar-refractivity contribution in [1.29, 1.82) is 0 Å². The summed E-state index contributed by atoms with van der Waals surface area (Å²) in [7, 11) is 0. The number of unbranched alkanes of at least 4 members (excludes halogenated alkanes) is 2. The van der Waals surface area contributed by atoms with Gasteiger partial charge in [-0.2, -0.15) is 0 Å². The maximum atomic E-state index is 12.7. The third-order valence-corrected chi connectivity index (χ3v) is 4.85. The lowest BCUT2D eigenvalue weighted by atomic mass is 9.87. The molecule has 1 aromatic heterocycles. The molecular formula is C15H27N3OS. The van der Waals surface area contributed by atoms with E-state index in [1.54, 1.807) is 0 Å². The Kier molecular flexibility index (Phi) is 6.79. The SMILES string of the molecule is CCC(N)(CC)C(=O)c1sc(C)nc1CCCCCN. The molecule has 0 saturated heterocycles. The van der Waals surface area contributed by atoms with Gasteiger partial charge in [0.2, 0.25) is 0 Å². The van der Waals surface area contributed by atoms with Crippen molar-refractivity contribution in [2.24, 2.45) is 11.5 Å². The molecule has 0 aliphatic carbocycles. The van der Waals surface area contributed by atoms with Crippen molar-refractivity contribution in [3.05, 3.63) is 15.6 Å². The van der Waals surface area contributed by atoms with Crippen LogP contribution in [0, 0.1) is 6.92 Å². The van der Waals surface area contributed by atoms with E-state index in [1.165, 1.54) is 11.3 Å². The minimum Gasteiger partial charge on any atom is -0.330 e. The minimum atomic E-state index is -0.745. The van der Waals surface area contributed by atoms with E-state index in [4.69, 9.17) is 11.5 Å². The van der Waals surface area contributed by atoms with Gasteiger partial charge >= 0.3 is 0 Å². The zero-order valence-corrected chi connectivity index (χ0v) is 13.7. The van der Waals surface area contributed by atoms with Crippen LogP contribution in [0.25, 0.3) is 0 Å². The Labute approximate surface area is 126 Å². The first kappa shape index (κ1) is 17.3. The Morgan fingerprint density at radius 1 is 1.25 bits per heavy atom. The van der Waals surface area contributed by atoms with Gasteiger partial charge in [-0.25, -0.2) is 4.98 Å². The number of carbonyl (C=O) groups excluding carboxylic acids is 1. The highest BCUT2D eigenvalue weighted by Gasteiger charge is 2.33. The van der Waals surface area contributed by atoms with Crippen LogP contribution in [0.5, 0.6) is 0 Å². The van der Waals surface area contributed by atoms with Gasteiger partial charge in [-0.15, -0.1) is 11.3 Å². The van der Waals surface area contributed by atoms with Gasteiger partial charge in [0.15, 0.2) is 5.78 Å². The van der Waals surface area contributed by atoms with Crippen molar-refractivity contribution in [2.75, 3.05) is 6.54 Å². The number of nitrogens with zero attached hydrogens (tertiary/aromatic N) is 1. The largest absolute Gasteiger partial charge is 0.330 e. The first-order valence-corrected chi connectivity index (χ1v) is 8.30. The van der Waals surface area contributed by atoms with Gasteiger partial charge < -0.3 is 11.5 Å². The summed E-state index contributed by atoms with van der Waals surface area (Å²) < 4.78 is 0. The van der Waals surface area contributed by atoms with Gasteiger partial charge in [0.25, 0.3) is 0 Å². The number of nitrogens with two attached hydrogens (primary N) is 2. The number of hydrogen-bond acceptors (Lipinski definition) is 5. The highest BCUT2D eigenvalue weighted by Crippen LogP contribution is 2.27. The van der Waals surface area contributed by atoms with Crippen LogP contribution in [-0.2, 0) is 6.42 Å². The minimum absolute atomic E-state index is 0.0573. The molecule has 0 aromatic carbocycles. The van der Waals surface area contributed by atoms with E-state index in [9.17, 15) is 4.79 Å². The summed E-state index contributed by atoms with van der Waals surface area (Å²) >= 11 is 1.48. The average molecular weight is 297 g/mol. The molecule has 0 bridgehead atoms. The average Bonchev–Trinajstić information content (AvgIpc) is 2.82. The van der Waals surface area contributed by atoms with Crippen molar-refractivity contribution >= 4 is 17.1 Å². The molecule has 0 amide bonds. The topological polar surface area (TPSA) is 82.0 Å². The first-order chi connectivity index (χ1) is 9.48. The van der Waals surface area contributed by atoms with Crippen LogP contribution in [0.1, 0.15) is 66.3 Å². The van der Waals surface area contributed by atoms with E-state index in [0.29, 0.717) is 12.8 Å². The molecule has 0 radical (unpaired) electrons. The molecule has 0 aliphatic heterocycles. The fourth-order valence-corrected chi connectivity index (χ4v) is 3.24. The van der Waals surface area contributed by atoms with Gasteiger partial charge in [-0.3, -0.25) is 4.79 Å². The van der Waals surface area contributed by atoms with Crippen molar-refractivity contribution in [3.63, 3.8) is 0 Å². The molecule has 4 N–H and O–H groups in total. The van der Waals surface area contributed by atoms with Crippen LogP contribution >= 0.6 is 11.3 Å². The van der Waals surface area contributed by atoms with Gasteiger partial charge in [-0.05, 0) is 45.6 Å². The molecule has 5 heteroatoms. The van der Waals surface area contributed by atoms with Gasteiger partial charge in [0, 0.05) is 0 Å². The molecule has 4 nitrogen and oxygen atoms in total. The Morgan fingerprint density at radius 3 is 2.45 bits per heavy atom. The number of aryl methyl sites for hydroxylation is 2. The predicted octanol–water partition coefficient (Wildman–Crippen LogP) is 2.82. The zero-order chi connectivity index (χ0) is 15.2. The molecule has 1 heterocycles. The summed E-state index contributed by atoms with van der Waals surface area (Å²) in [6.07, 6.45) is 5.29. The number of hydrogen-bond donors (Lipinski definition) is 2. The Morgan fingerprint density at radius 2 is 1.90 bits per heavy atom. The summed E-state index contributed by atoms with van der Waals surface area (Å²) in [5, 5.41) is 0.941. The number of rotatable bonds is 9. The lowest BCUT2D eigenvalue weighted by Crippen LogP contribution is -2.46. The van der Waals surface area contributed by atoms with Gasteiger partial charge in [0.1, 0.15) is 0 Å². The second-order valence-corrected chi connectivity index (χ2v) is 6.50. The van der Waals surface area contributed by atoms with Crippen molar-refractivity contribution in [1.82, 2.24) is 4.98 Å². The maximum Gasteiger partial charge on any atom is 0.194 e. The molecule has 20 heavy (non-hydrogen) atoms. The summed E-state index contributed by atoms with van der Waals surface area (Å²) in [6, 6.07) is 0. The van der Waals surface area contributed by atoms with Crippen LogP contribution < -0.4 is 11.5 Å². The van der Waals surface area contributed by atoms with Crippen LogP contribution in [-0.4, -0.2) is 22.9 Å². The number of aromatic nitrogens is 1. The molecule has 114 valence electrons. The Hall–Kier alpha value is -0.780. The van der Waals surface area contributed by atoms with Crippen molar-refractivity contribution in [3.8, 4) is 0 Å². The quantitative estimate of drug-likeness (QED) is 0.542. The van der Waals surface area contributed by atoms with E-state index in [-0.39, 0.29) is 5.78 Å². The van der Waals surface area contributed by atoms with Crippen LogP contribution in [0.2, 0.25) is 0 Å².